The van der Waals surface area contributed by atoms with Gasteiger partial charge < -0.3 is 0 Å². The number of hydrogen-bond donors (Lipinski definition) is 0. The number of amides is 1. The summed E-state index contributed by atoms with van der Waals surface area (Å²) in [7, 11) is 0. The molecule has 0 aliphatic rings. The molecule has 0 unspecified atom stereocenters. The number of carbonyl (C=O) groups is 1. The van der Waals surface area contributed by atoms with Crippen molar-refractivity contribution in [1.82, 2.24) is 4.90 Å². The molecule has 1 aromatic rings. The standard InChI is InChI=1S/C22H37BrNO2S.3CH3.Sn/c1-5-6-7-8-9-10-11-12-13-14-16-24(21(25)26-22(2,3)4)18-19-15-17-27-20(19)23;;;;/h15H,5-14,16,18H2,1-4H3;3*1H3;. The molecule has 31 heavy (non-hydrogen) atoms. The Bertz CT molecular complexity index is 649. The third kappa shape index (κ3) is 12.9. The van der Waals surface area contributed by atoms with E-state index >= 15 is 0 Å². The number of carbonyl (C=O) groups excluding carboxylic acids is 1. The van der Waals surface area contributed by atoms with E-state index in [1.165, 1.54) is 67.1 Å². The average molecular weight is 623 g/mol. The van der Waals surface area contributed by atoms with Crippen LogP contribution in [0.5, 0.6) is 0 Å². The summed E-state index contributed by atoms with van der Waals surface area (Å²) in [5, 5.41) is 0. The Balaban J connectivity index is 2.56. The summed E-state index contributed by atoms with van der Waals surface area (Å²) >= 11 is 3.50. The van der Waals surface area contributed by atoms with Crippen LogP contribution in [0.3, 0.4) is 0 Å². The van der Waals surface area contributed by atoms with Gasteiger partial charge in [-0.1, -0.05) is 32.6 Å². The molecule has 6 heteroatoms. The molecule has 0 saturated carbocycles. The van der Waals surface area contributed by atoms with Gasteiger partial charge in [-0.15, -0.1) is 0 Å². The average Bonchev–Trinajstić information content (AvgIpc) is 3.01. The van der Waals surface area contributed by atoms with Crippen LogP contribution in [0.15, 0.2) is 9.85 Å². The third-order valence-corrected chi connectivity index (χ3v) is 16.7. The summed E-state index contributed by atoms with van der Waals surface area (Å²) < 4.78 is 8.43. The van der Waals surface area contributed by atoms with Crippen LogP contribution in [0, 0.1) is 0 Å². The monoisotopic (exact) mass is 623 g/mol. The van der Waals surface area contributed by atoms with E-state index < -0.39 is 24.0 Å². The van der Waals surface area contributed by atoms with Crippen molar-refractivity contribution >= 4 is 54.6 Å². The molecule has 3 nitrogen and oxygen atoms in total. The van der Waals surface area contributed by atoms with Gasteiger partial charge in [0, 0.05) is 0 Å². The zero-order valence-corrected chi connectivity index (χ0v) is 26.4. The molecule has 180 valence electrons. The van der Waals surface area contributed by atoms with Crippen LogP contribution >= 0.6 is 27.3 Å². The molecule has 1 amide bonds. The number of nitrogens with zero attached hydrogens (tertiary/aromatic N) is 1. The minimum atomic E-state index is -2.11. The van der Waals surface area contributed by atoms with E-state index in [4.69, 9.17) is 4.74 Å². The van der Waals surface area contributed by atoms with Gasteiger partial charge in [-0.25, -0.2) is 0 Å². The van der Waals surface area contributed by atoms with Gasteiger partial charge in [-0.05, 0) is 0 Å². The topological polar surface area (TPSA) is 29.5 Å². The fourth-order valence-electron chi connectivity index (χ4n) is 3.44. The zero-order valence-electron chi connectivity index (χ0n) is 21.1. The second kappa shape index (κ2) is 14.5. The summed E-state index contributed by atoms with van der Waals surface area (Å²) in [5.41, 5.74) is 0.760. The maximum absolute atomic E-state index is 12.9. The predicted molar refractivity (Wildman–Crippen MR) is 143 cm³/mol. The Morgan fingerprint density at radius 1 is 1.00 bits per heavy atom. The summed E-state index contributed by atoms with van der Waals surface area (Å²) in [6, 6.07) is 2.33. The second-order valence-corrected chi connectivity index (χ2v) is 28.5. The number of ether oxygens (including phenoxy) is 1. The summed E-state index contributed by atoms with van der Waals surface area (Å²) in [6.07, 6.45) is 12.8. The summed E-state index contributed by atoms with van der Waals surface area (Å²) in [5.74, 6) is 0. The van der Waals surface area contributed by atoms with Crippen LogP contribution in [0.25, 0.3) is 0 Å². The number of unbranched alkanes of at least 4 members (excludes halogenated alkanes) is 9. The van der Waals surface area contributed by atoms with E-state index in [1.54, 1.807) is 2.89 Å². The molecule has 1 rings (SSSR count). The van der Waals surface area contributed by atoms with Crippen LogP contribution in [0.2, 0.25) is 14.8 Å². The van der Waals surface area contributed by atoms with Crippen molar-refractivity contribution in [3.63, 3.8) is 0 Å². The quantitative estimate of drug-likeness (QED) is 0.153. The zero-order chi connectivity index (χ0) is 23.5. The molecule has 0 spiro atoms. The first-order valence-electron chi connectivity index (χ1n) is 12.2. The van der Waals surface area contributed by atoms with Crippen LogP contribution in [0.4, 0.5) is 4.79 Å². The summed E-state index contributed by atoms with van der Waals surface area (Å²) in [4.78, 5) is 22.1. The molecule has 0 N–H and O–H groups in total. The van der Waals surface area contributed by atoms with Crippen molar-refractivity contribution in [2.24, 2.45) is 0 Å². The SMILES string of the molecule is CCCCCCCCCCCCN(Cc1c[c]([Sn]([CH3])([CH3])[CH3])sc1Br)C(=O)OC(C)(C)C. The molecule has 0 atom stereocenters. The molecular weight excluding hydrogens is 577 g/mol. The Kier molecular flexibility index (Phi) is 13.7. The second-order valence-electron chi connectivity index (χ2n) is 10.7. The van der Waals surface area contributed by atoms with Crippen molar-refractivity contribution in [2.45, 2.75) is 119 Å². The van der Waals surface area contributed by atoms with Gasteiger partial charge in [-0.3, -0.25) is 0 Å². The van der Waals surface area contributed by atoms with E-state index in [-0.39, 0.29) is 6.09 Å². The summed E-state index contributed by atoms with van der Waals surface area (Å²) in [6.45, 7) is 9.49. The van der Waals surface area contributed by atoms with Gasteiger partial charge in [0.15, 0.2) is 0 Å². The van der Waals surface area contributed by atoms with Gasteiger partial charge >= 0.3 is 177 Å². The first-order chi connectivity index (χ1) is 14.4. The van der Waals surface area contributed by atoms with Gasteiger partial charge in [-0.2, -0.15) is 0 Å². The minimum absolute atomic E-state index is 0.192. The van der Waals surface area contributed by atoms with Gasteiger partial charge in [0.1, 0.15) is 0 Å². The van der Waals surface area contributed by atoms with E-state index in [1.807, 2.05) is 37.0 Å². The van der Waals surface area contributed by atoms with Crippen LogP contribution in [-0.2, 0) is 11.3 Å². The van der Waals surface area contributed by atoms with Gasteiger partial charge in [0.05, 0.1) is 0 Å². The Morgan fingerprint density at radius 3 is 1.97 bits per heavy atom. The van der Waals surface area contributed by atoms with Crippen LogP contribution < -0.4 is 2.89 Å². The van der Waals surface area contributed by atoms with Crippen molar-refractivity contribution in [2.75, 3.05) is 6.54 Å². The molecule has 0 aliphatic heterocycles. The Labute approximate surface area is 208 Å². The molecule has 0 fully saturated rings. The molecule has 1 heterocycles. The first-order valence-corrected chi connectivity index (χ1v) is 23.8. The third-order valence-electron chi connectivity index (χ3n) is 5.29. The van der Waals surface area contributed by atoms with E-state index in [2.05, 4.69) is 43.7 Å². The fourth-order valence-corrected chi connectivity index (χ4v) is 11.7. The normalized spacial score (nSPS) is 12.3. The fraction of sp³-hybridized carbons (Fsp3) is 0.800. The van der Waals surface area contributed by atoms with Crippen molar-refractivity contribution in [3.8, 4) is 0 Å². The molecule has 1 aromatic heterocycles. The molecule has 0 bridgehead atoms. The van der Waals surface area contributed by atoms with Crippen LogP contribution in [0.1, 0.15) is 97.5 Å². The molecular formula is C25H46BrNO2SSn. The van der Waals surface area contributed by atoms with E-state index in [0.29, 0.717) is 6.54 Å². The van der Waals surface area contributed by atoms with Gasteiger partial charge in [0.25, 0.3) is 0 Å². The number of rotatable bonds is 14. The van der Waals surface area contributed by atoms with Crippen molar-refractivity contribution in [3.05, 3.63) is 15.4 Å². The number of halogens is 1. The molecule has 0 saturated heterocycles. The van der Waals surface area contributed by atoms with E-state index in [9.17, 15) is 4.79 Å². The van der Waals surface area contributed by atoms with E-state index in [0.717, 1.165) is 13.0 Å². The number of thiophene rings is 1. The predicted octanol–water partition coefficient (Wildman–Crippen LogP) is 8.71. The molecule has 0 aliphatic carbocycles. The Morgan fingerprint density at radius 2 is 1.52 bits per heavy atom. The Hall–Kier alpha value is 0.249. The van der Waals surface area contributed by atoms with Crippen molar-refractivity contribution in [1.29, 1.82) is 0 Å². The molecule has 0 radical (unpaired) electrons. The van der Waals surface area contributed by atoms with Gasteiger partial charge in [0.2, 0.25) is 0 Å². The van der Waals surface area contributed by atoms with Crippen LogP contribution in [-0.4, -0.2) is 41.5 Å². The number of hydrogen-bond acceptors (Lipinski definition) is 3. The molecule has 0 aromatic carbocycles. The maximum atomic E-state index is 12.9. The van der Waals surface area contributed by atoms with Crippen molar-refractivity contribution < 1.29 is 9.53 Å². The first kappa shape index (κ1) is 29.3.